The van der Waals surface area contributed by atoms with Crippen LogP contribution in [0.25, 0.3) is 0 Å². The molecule has 0 aromatic heterocycles. The fourth-order valence-corrected chi connectivity index (χ4v) is 1.79. The van der Waals surface area contributed by atoms with E-state index in [4.69, 9.17) is 0 Å². The van der Waals surface area contributed by atoms with Gasteiger partial charge >= 0.3 is 0 Å². The van der Waals surface area contributed by atoms with Crippen molar-refractivity contribution in [2.75, 3.05) is 6.54 Å². The van der Waals surface area contributed by atoms with Crippen LogP contribution in [0.3, 0.4) is 0 Å². The Morgan fingerprint density at radius 1 is 1.43 bits per heavy atom. The molecule has 1 heterocycles. The third kappa shape index (κ3) is 1.86. The van der Waals surface area contributed by atoms with Crippen LogP contribution in [0.1, 0.15) is 32.6 Å². The Kier molecular flexibility index (Phi) is 2.40. The summed E-state index contributed by atoms with van der Waals surface area (Å²) in [4.78, 5) is 24.1. The fraction of sp³-hybridized carbons (Fsp3) is 0.636. The van der Waals surface area contributed by atoms with E-state index in [-0.39, 0.29) is 11.8 Å². The van der Waals surface area contributed by atoms with Crippen molar-refractivity contribution in [3.8, 4) is 0 Å². The maximum absolute atomic E-state index is 11.4. The van der Waals surface area contributed by atoms with Gasteiger partial charge < -0.3 is 0 Å². The predicted octanol–water partition coefficient (Wildman–Crippen LogP) is 1.49. The number of carbonyl (C=O) groups is 2. The summed E-state index contributed by atoms with van der Waals surface area (Å²) >= 11 is 0. The molecule has 1 fully saturated rings. The number of nitrogens with zero attached hydrogens (tertiary/aromatic N) is 1. The lowest BCUT2D eigenvalue weighted by Crippen LogP contribution is -2.31. The van der Waals surface area contributed by atoms with Gasteiger partial charge in [-0.05, 0) is 25.7 Å². The highest BCUT2D eigenvalue weighted by Gasteiger charge is 2.28. The molecule has 0 aromatic rings. The maximum atomic E-state index is 11.4. The van der Waals surface area contributed by atoms with Gasteiger partial charge in [-0.2, -0.15) is 0 Å². The van der Waals surface area contributed by atoms with Gasteiger partial charge in [0, 0.05) is 18.2 Å². The molecule has 0 unspecified atom stereocenters. The Hall–Kier alpha value is -1.12. The zero-order chi connectivity index (χ0) is 10.1. The van der Waals surface area contributed by atoms with E-state index >= 15 is 0 Å². The lowest BCUT2D eigenvalue weighted by molar-refractivity contribution is -0.137. The van der Waals surface area contributed by atoms with Gasteiger partial charge in [-0.1, -0.05) is 12.8 Å². The van der Waals surface area contributed by atoms with Crippen LogP contribution in [0.15, 0.2) is 11.6 Å². The molecular formula is C11H15NO2. The van der Waals surface area contributed by atoms with Crippen molar-refractivity contribution in [2.45, 2.75) is 32.6 Å². The summed E-state index contributed by atoms with van der Waals surface area (Å²) in [6.45, 7) is 2.29. The normalized spacial score (nSPS) is 21.8. The van der Waals surface area contributed by atoms with E-state index in [1.54, 1.807) is 6.92 Å². The summed E-state index contributed by atoms with van der Waals surface area (Å²) in [5, 5.41) is 0. The minimum Gasteiger partial charge on any atom is -0.275 e. The van der Waals surface area contributed by atoms with Gasteiger partial charge in [0.25, 0.3) is 11.8 Å². The molecule has 1 aliphatic heterocycles. The predicted molar refractivity (Wildman–Crippen MR) is 52.4 cm³/mol. The zero-order valence-corrected chi connectivity index (χ0v) is 8.45. The van der Waals surface area contributed by atoms with Gasteiger partial charge in [0.1, 0.15) is 0 Å². The van der Waals surface area contributed by atoms with Crippen molar-refractivity contribution in [1.29, 1.82) is 0 Å². The Morgan fingerprint density at radius 3 is 2.64 bits per heavy atom. The molecule has 3 nitrogen and oxygen atoms in total. The monoisotopic (exact) mass is 193 g/mol. The van der Waals surface area contributed by atoms with Crippen molar-refractivity contribution in [3.63, 3.8) is 0 Å². The first-order valence-electron chi connectivity index (χ1n) is 5.22. The molecule has 0 saturated heterocycles. The third-order valence-corrected chi connectivity index (χ3v) is 2.88. The molecule has 3 heteroatoms. The van der Waals surface area contributed by atoms with E-state index in [0.29, 0.717) is 12.1 Å². The van der Waals surface area contributed by atoms with Gasteiger partial charge in [-0.25, -0.2) is 0 Å². The Balaban J connectivity index is 1.80. The van der Waals surface area contributed by atoms with E-state index in [1.807, 2.05) is 0 Å². The first-order chi connectivity index (χ1) is 6.68. The van der Waals surface area contributed by atoms with E-state index in [0.717, 1.165) is 18.8 Å². The molecule has 0 N–H and O–H groups in total. The van der Waals surface area contributed by atoms with E-state index in [1.165, 1.54) is 23.8 Å². The number of amides is 2. The lowest BCUT2D eigenvalue weighted by atomic mass is 10.2. The van der Waals surface area contributed by atoms with Crippen molar-refractivity contribution in [3.05, 3.63) is 11.6 Å². The number of rotatable bonds is 4. The molecule has 76 valence electrons. The molecule has 2 rings (SSSR count). The first-order valence-corrected chi connectivity index (χ1v) is 5.22. The fourth-order valence-electron chi connectivity index (χ4n) is 1.79. The van der Waals surface area contributed by atoms with Gasteiger partial charge in [-0.3, -0.25) is 14.5 Å². The number of carbonyl (C=O) groups excluding carboxylic acids is 2. The Labute approximate surface area is 83.8 Å². The van der Waals surface area contributed by atoms with Gasteiger partial charge in [-0.15, -0.1) is 0 Å². The second kappa shape index (κ2) is 3.56. The molecule has 2 amide bonds. The summed E-state index contributed by atoms with van der Waals surface area (Å²) in [5.41, 5.74) is 0.571. The highest BCUT2D eigenvalue weighted by Crippen LogP contribution is 2.33. The SMILES string of the molecule is CC1=CC(=O)N(CCCC2CC2)C1=O. The molecule has 0 atom stereocenters. The van der Waals surface area contributed by atoms with Crippen molar-refractivity contribution >= 4 is 11.8 Å². The average Bonchev–Trinajstić information content (AvgIpc) is 2.90. The Morgan fingerprint density at radius 2 is 2.14 bits per heavy atom. The van der Waals surface area contributed by atoms with Crippen LogP contribution in [-0.4, -0.2) is 23.3 Å². The van der Waals surface area contributed by atoms with Crippen molar-refractivity contribution in [1.82, 2.24) is 4.90 Å². The maximum Gasteiger partial charge on any atom is 0.256 e. The number of hydrogen-bond acceptors (Lipinski definition) is 2. The molecule has 1 saturated carbocycles. The summed E-state index contributed by atoms with van der Waals surface area (Å²) in [6, 6.07) is 0. The molecule has 0 bridgehead atoms. The minimum absolute atomic E-state index is 0.106. The molecule has 14 heavy (non-hydrogen) atoms. The van der Waals surface area contributed by atoms with Gasteiger partial charge in [0.05, 0.1) is 0 Å². The van der Waals surface area contributed by atoms with E-state index < -0.39 is 0 Å². The summed E-state index contributed by atoms with van der Waals surface area (Å²) in [7, 11) is 0. The summed E-state index contributed by atoms with van der Waals surface area (Å²) in [5.74, 6) is 0.631. The van der Waals surface area contributed by atoms with Crippen LogP contribution >= 0.6 is 0 Å². The van der Waals surface area contributed by atoms with Crippen LogP contribution in [0.2, 0.25) is 0 Å². The zero-order valence-electron chi connectivity index (χ0n) is 8.45. The summed E-state index contributed by atoms with van der Waals surface area (Å²) < 4.78 is 0. The summed E-state index contributed by atoms with van der Waals surface area (Å²) in [6.07, 6.45) is 6.22. The van der Waals surface area contributed by atoms with E-state index in [9.17, 15) is 9.59 Å². The lowest BCUT2D eigenvalue weighted by Gasteiger charge is -2.13. The van der Waals surface area contributed by atoms with Crippen molar-refractivity contribution < 1.29 is 9.59 Å². The van der Waals surface area contributed by atoms with Crippen LogP contribution in [0.4, 0.5) is 0 Å². The average molecular weight is 193 g/mol. The number of hydrogen-bond donors (Lipinski definition) is 0. The van der Waals surface area contributed by atoms with Crippen LogP contribution in [-0.2, 0) is 9.59 Å². The second-order valence-electron chi connectivity index (χ2n) is 4.21. The highest BCUT2D eigenvalue weighted by molar-refractivity contribution is 6.15. The molecule has 1 aliphatic carbocycles. The largest absolute Gasteiger partial charge is 0.275 e. The smallest absolute Gasteiger partial charge is 0.256 e. The number of imide groups is 1. The van der Waals surface area contributed by atoms with Crippen LogP contribution in [0.5, 0.6) is 0 Å². The molecule has 0 spiro atoms. The minimum atomic E-state index is -0.136. The molecule has 0 aromatic carbocycles. The molecular weight excluding hydrogens is 178 g/mol. The van der Waals surface area contributed by atoms with Crippen LogP contribution in [0, 0.1) is 5.92 Å². The van der Waals surface area contributed by atoms with Crippen LogP contribution < -0.4 is 0 Å². The topological polar surface area (TPSA) is 37.4 Å². The van der Waals surface area contributed by atoms with E-state index in [2.05, 4.69) is 0 Å². The molecule has 0 radical (unpaired) electrons. The highest BCUT2D eigenvalue weighted by atomic mass is 16.2. The standard InChI is InChI=1S/C11H15NO2/c1-8-7-10(13)12(11(8)14)6-2-3-9-4-5-9/h7,9H,2-6H2,1H3. The quantitative estimate of drug-likeness (QED) is 0.634. The molecule has 2 aliphatic rings. The Bertz CT molecular complexity index is 302. The van der Waals surface area contributed by atoms with Crippen molar-refractivity contribution in [2.24, 2.45) is 5.92 Å². The first kappa shape index (κ1) is 9.44. The van der Waals surface area contributed by atoms with Gasteiger partial charge in [0.15, 0.2) is 0 Å². The van der Waals surface area contributed by atoms with Gasteiger partial charge in [0.2, 0.25) is 0 Å². The third-order valence-electron chi connectivity index (χ3n) is 2.88. The second-order valence-corrected chi connectivity index (χ2v) is 4.21.